The van der Waals surface area contributed by atoms with Gasteiger partial charge in [-0.25, -0.2) is 4.39 Å². The van der Waals surface area contributed by atoms with Crippen LogP contribution in [0.25, 0.3) is 10.9 Å². The van der Waals surface area contributed by atoms with Gasteiger partial charge in [0.15, 0.2) is 0 Å². The largest absolute Gasteiger partial charge is 0.323 e. The average Bonchev–Trinajstić information content (AvgIpc) is 2.60. The van der Waals surface area contributed by atoms with Gasteiger partial charge in [0, 0.05) is 17.1 Å². The number of anilines is 1. The third-order valence-corrected chi connectivity index (χ3v) is 3.62. The quantitative estimate of drug-likeness (QED) is 0.461. The molecule has 0 fully saturated rings. The van der Waals surface area contributed by atoms with E-state index >= 15 is 0 Å². The van der Waals surface area contributed by atoms with E-state index in [0.717, 1.165) is 42.5 Å². The van der Waals surface area contributed by atoms with E-state index in [2.05, 4.69) is 10.4 Å². The SMILES string of the molecule is NNc1c2c(nc3cc(F)ccc13)CCCCC2. The maximum absolute atomic E-state index is 13.3. The van der Waals surface area contributed by atoms with Crippen molar-refractivity contribution in [3.63, 3.8) is 0 Å². The lowest BCUT2D eigenvalue weighted by Gasteiger charge is -2.14. The van der Waals surface area contributed by atoms with Gasteiger partial charge in [-0.2, -0.15) is 0 Å². The van der Waals surface area contributed by atoms with Crippen molar-refractivity contribution in [2.24, 2.45) is 5.84 Å². The van der Waals surface area contributed by atoms with Gasteiger partial charge in [-0.3, -0.25) is 10.8 Å². The van der Waals surface area contributed by atoms with Crippen LogP contribution in [-0.4, -0.2) is 4.98 Å². The second-order valence-electron chi connectivity index (χ2n) is 4.78. The number of nitrogen functional groups attached to an aromatic ring is 1. The normalized spacial score (nSPS) is 15.2. The fourth-order valence-electron chi connectivity index (χ4n) is 2.74. The Morgan fingerprint density at radius 2 is 2.00 bits per heavy atom. The highest BCUT2D eigenvalue weighted by Crippen LogP contribution is 2.32. The van der Waals surface area contributed by atoms with Crippen LogP contribution in [0.3, 0.4) is 0 Å². The highest BCUT2D eigenvalue weighted by molar-refractivity contribution is 5.93. The average molecular weight is 245 g/mol. The molecule has 1 heterocycles. The molecule has 0 saturated heterocycles. The highest BCUT2D eigenvalue weighted by Gasteiger charge is 2.16. The molecule has 1 aliphatic rings. The second-order valence-corrected chi connectivity index (χ2v) is 4.78. The van der Waals surface area contributed by atoms with Gasteiger partial charge in [-0.1, -0.05) is 6.42 Å². The molecule has 2 aromatic rings. The van der Waals surface area contributed by atoms with E-state index in [1.165, 1.54) is 24.1 Å². The predicted octanol–water partition coefficient (Wildman–Crippen LogP) is 2.93. The van der Waals surface area contributed by atoms with Crippen LogP contribution in [-0.2, 0) is 12.8 Å². The third-order valence-electron chi connectivity index (χ3n) is 3.62. The molecule has 0 saturated carbocycles. The molecule has 1 aromatic carbocycles. The molecule has 3 N–H and O–H groups in total. The molecule has 3 rings (SSSR count). The molecule has 1 aromatic heterocycles. The summed E-state index contributed by atoms with van der Waals surface area (Å²) in [6.07, 6.45) is 5.47. The van der Waals surface area contributed by atoms with E-state index in [4.69, 9.17) is 5.84 Å². The zero-order valence-electron chi connectivity index (χ0n) is 10.2. The standard InChI is InChI=1S/C14H16FN3/c15-9-6-7-11-13(8-9)17-12-5-3-1-2-4-10(12)14(11)18-16/h6-8H,1-5,16H2,(H,17,18). The van der Waals surface area contributed by atoms with Crippen molar-refractivity contribution in [2.45, 2.75) is 32.1 Å². The molecule has 3 nitrogen and oxygen atoms in total. The molecule has 0 bridgehead atoms. The molecule has 0 unspecified atom stereocenters. The molecule has 0 amide bonds. The van der Waals surface area contributed by atoms with Gasteiger partial charge in [-0.15, -0.1) is 0 Å². The third kappa shape index (κ3) is 1.82. The topological polar surface area (TPSA) is 50.9 Å². The van der Waals surface area contributed by atoms with Crippen LogP contribution in [0.2, 0.25) is 0 Å². The fraction of sp³-hybridized carbons (Fsp3) is 0.357. The van der Waals surface area contributed by atoms with Crippen LogP contribution in [0.15, 0.2) is 18.2 Å². The number of aromatic nitrogens is 1. The Morgan fingerprint density at radius 1 is 1.17 bits per heavy atom. The van der Waals surface area contributed by atoms with E-state index in [1.807, 2.05) is 0 Å². The molecule has 0 aliphatic heterocycles. The van der Waals surface area contributed by atoms with Crippen LogP contribution in [0.4, 0.5) is 10.1 Å². The van der Waals surface area contributed by atoms with Crippen molar-refractivity contribution in [1.29, 1.82) is 0 Å². The number of rotatable bonds is 1. The Bertz CT molecular complexity index is 595. The van der Waals surface area contributed by atoms with E-state index in [9.17, 15) is 4.39 Å². The summed E-state index contributed by atoms with van der Waals surface area (Å²) in [5.41, 5.74) is 6.65. The summed E-state index contributed by atoms with van der Waals surface area (Å²) in [4.78, 5) is 4.61. The van der Waals surface area contributed by atoms with Crippen molar-refractivity contribution in [3.05, 3.63) is 35.3 Å². The Balaban J connectivity index is 2.30. The number of pyridine rings is 1. The van der Waals surface area contributed by atoms with E-state index in [1.54, 1.807) is 6.07 Å². The smallest absolute Gasteiger partial charge is 0.125 e. The summed E-state index contributed by atoms with van der Waals surface area (Å²) in [7, 11) is 0. The Morgan fingerprint density at radius 3 is 2.83 bits per heavy atom. The first-order valence-corrected chi connectivity index (χ1v) is 6.37. The summed E-state index contributed by atoms with van der Waals surface area (Å²) in [5.74, 6) is 5.40. The molecule has 1 aliphatic carbocycles. The van der Waals surface area contributed by atoms with Crippen LogP contribution >= 0.6 is 0 Å². The number of halogens is 1. The second kappa shape index (κ2) is 4.53. The van der Waals surface area contributed by atoms with E-state index < -0.39 is 0 Å². The van der Waals surface area contributed by atoms with Crippen molar-refractivity contribution in [1.82, 2.24) is 4.98 Å². The Labute approximate surface area is 105 Å². The molecule has 0 atom stereocenters. The lowest BCUT2D eigenvalue weighted by Crippen LogP contribution is -2.12. The van der Waals surface area contributed by atoms with Crippen LogP contribution in [0, 0.1) is 5.82 Å². The minimum atomic E-state index is -0.258. The molecular formula is C14H16FN3. The van der Waals surface area contributed by atoms with Crippen LogP contribution in [0.5, 0.6) is 0 Å². The number of nitrogens with one attached hydrogen (secondary N) is 1. The first kappa shape index (κ1) is 11.4. The molecule has 0 radical (unpaired) electrons. The van der Waals surface area contributed by atoms with E-state index in [-0.39, 0.29) is 5.82 Å². The number of fused-ring (bicyclic) bond motifs is 2. The van der Waals surface area contributed by atoms with Crippen molar-refractivity contribution < 1.29 is 4.39 Å². The van der Waals surface area contributed by atoms with Gasteiger partial charge < -0.3 is 5.43 Å². The zero-order chi connectivity index (χ0) is 12.5. The number of hydrazine groups is 1. The number of aryl methyl sites for hydroxylation is 1. The summed E-state index contributed by atoms with van der Waals surface area (Å²) < 4.78 is 13.3. The van der Waals surface area contributed by atoms with E-state index in [0.29, 0.717) is 5.52 Å². The van der Waals surface area contributed by atoms with Crippen LogP contribution < -0.4 is 11.3 Å². The number of hydrogen-bond acceptors (Lipinski definition) is 3. The molecule has 4 heteroatoms. The van der Waals surface area contributed by atoms with Crippen molar-refractivity contribution >= 4 is 16.6 Å². The maximum atomic E-state index is 13.3. The summed E-state index contributed by atoms with van der Waals surface area (Å²) in [6.45, 7) is 0. The first-order valence-electron chi connectivity index (χ1n) is 6.37. The summed E-state index contributed by atoms with van der Waals surface area (Å²) >= 11 is 0. The summed E-state index contributed by atoms with van der Waals surface area (Å²) in [5, 5.41) is 0.902. The van der Waals surface area contributed by atoms with Crippen LogP contribution in [0.1, 0.15) is 30.5 Å². The fourth-order valence-corrected chi connectivity index (χ4v) is 2.74. The molecule has 0 spiro atoms. The number of nitrogens with zero attached hydrogens (tertiary/aromatic N) is 1. The van der Waals surface area contributed by atoms with Gasteiger partial charge in [0.25, 0.3) is 0 Å². The minimum Gasteiger partial charge on any atom is -0.323 e. The lowest BCUT2D eigenvalue weighted by atomic mass is 10.0. The van der Waals surface area contributed by atoms with Gasteiger partial charge in [0.2, 0.25) is 0 Å². The van der Waals surface area contributed by atoms with Crippen molar-refractivity contribution in [2.75, 3.05) is 5.43 Å². The minimum absolute atomic E-state index is 0.258. The zero-order valence-corrected chi connectivity index (χ0v) is 10.2. The number of benzene rings is 1. The maximum Gasteiger partial charge on any atom is 0.125 e. The molecule has 18 heavy (non-hydrogen) atoms. The van der Waals surface area contributed by atoms with Gasteiger partial charge in [0.1, 0.15) is 5.82 Å². The number of nitrogens with two attached hydrogens (primary N) is 1. The molecular weight excluding hydrogens is 229 g/mol. The summed E-state index contributed by atoms with van der Waals surface area (Å²) in [6, 6.07) is 4.67. The first-order chi connectivity index (χ1) is 8.79. The lowest BCUT2D eigenvalue weighted by molar-refractivity contribution is 0.629. The Kier molecular flexibility index (Phi) is 2.88. The van der Waals surface area contributed by atoms with Gasteiger partial charge in [0.05, 0.1) is 11.2 Å². The predicted molar refractivity (Wildman–Crippen MR) is 70.8 cm³/mol. The van der Waals surface area contributed by atoms with Gasteiger partial charge in [-0.05, 0) is 43.4 Å². The highest BCUT2D eigenvalue weighted by atomic mass is 19.1. The number of hydrogen-bond donors (Lipinski definition) is 2. The molecule has 94 valence electrons. The Hall–Kier alpha value is -1.68. The monoisotopic (exact) mass is 245 g/mol. The van der Waals surface area contributed by atoms with Gasteiger partial charge >= 0.3 is 0 Å². The van der Waals surface area contributed by atoms with Crippen molar-refractivity contribution in [3.8, 4) is 0 Å².